The van der Waals surface area contributed by atoms with Gasteiger partial charge >= 0.3 is 6.09 Å². The van der Waals surface area contributed by atoms with E-state index in [2.05, 4.69) is 58.3 Å². The van der Waals surface area contributed by atoms with E-state index in [-0.39, 0.29) is 18.0 Å². The van der Waals surface area contributed by atoms with Crippen molar-refractivity contribution in [2.45, 2.75) is 143 Å². The lowest BCUT2D eigenvalue weighted by atomic mass is 10.2. The highest BCUT2D eigenvalue weighted by Gasteiger charge is 2.18. The van der Waals surface area contributed by atoms with Crippen LogP contribution in [0.25, 0.3) is 44.4 Å². The molecule has 9 rings (SSSR count). The summed E-state index contributed by atoms with van der Waals surface area (Å²) in [5.74, 6) is 3.17. The van der Waals surface area contributed by atoms with E-state index < -0.39 is 21.8 Å². The summed E-state index contributed by atoms with van der Waals surface area (Å²) in [6, 6.07) is 29.1. The minimum Gasteiger partial charge on any atom is -0.444 e. The number of ether oxygens (including phenoxy) is 1. The second-order valence-corrected chi connectivity index (χ2v) is 23.8. The summed E-state index contributed by atoms with van der Waals surface area (Å²) < 4.78 is 83.4. The molecule has 0 bridgehead atoms. The van der Waals surface area contributed by atoms with Crippen LogP contribution in [0.1, 0.15) is 129 Å². The molecule has 0 fully saturated rings. The molecule has 0 aliphatic heterocycles. The molecule has 0 aliphatic carbocycles. The number of hydrogen-bond acceptors (Lipinski definition) is 17. The SMILES string of the molecule is CCCCc1nc2ccc(N(C)C/C(=C/F)CN)cc2o1.CCCCc1nc2ccc(N(C)C/C(=C/F)CNC(=O)OC(C)(C)C)cc2o1.CCCCc1nc2ccc(N)cc2o1.CCCCc1nc2ccc(NC)cc2o1.Cc1ccc(S(=O)(=O)O)cc1. The Morgan fingerprint density at radius 3 is 1.39 bits per heavy atom. The average molecular weight is 1250 g/mol. The fourth-order valence-electron chi connectivity index (χ4n) is 8.53. The number of hydrogen-bond donors (Lipinski definition) is 5. The molecule has 0 atom stereocenters. The topological polar surface area (TPSA) is 267 Å². The van der Waals surface area contributed by atoms with Crippen molar-refractivity contribution in [1.82, 2.24) is 25.3 Å². The number of amides is 1. The highest BCUT2D eigenvalue weighted by Crippen LogP contribution is 2.27. The zero-order valence-corrected chi connectivity index (χ0v) is 54.2. The van der Waals surface area contributed by atoms with E-state index in [0.717, 1.165) is 161 Å². The number of likely N-dealkylation sites (N-methyl/N-ethyl adjacent to an activating group) is 2. The van der Waals surface area contributed by atoms with E-state index in [0.29, 0.717) is 42.5 Å². The number of benzene rings is 5. The molecule has 0 unspecified atom stereocenters. The number of nitrogens with zero attached hydrogens (tertiary/aromatic N) is 6. The van der Waals surface area contributed by atoms with Crippen molar-refractivity contribution in [2.24, 2.45) is 5.73 Å². The smallest absolute Gasteiger partial charge is 0.407 e. The Kier molecular flexibility index (Phi) is 28.6. The first-order chi connectivity index (χ1) is 42.5. The number of nitrogens with one attached hydrogen (secondary N) is 2. The van der Waals surface area contributed by atoms with Crippen molar-refractivity contribution in [1.29, 1.82) is 0 Å². The number of alkyl carbamates (subject to hydrolysis) is 1. The molecular weight excluding hydrogens is 1160 g/mol. The van der Waals surface area contributed by atoms with Crippen LogP contribution >= 0.6 is 0 Å². The zero-order chi connectivity index (χ0) is 65.1. The maximum Gasteiger partial charge on any atom is 0.407 e. The number of nitrogen functional groups attached to an aromatic ring is 1. The van der Waals surface area contributed by atoms with Gasteiger partial charge in [0.25, 0.3) is 10.1 Å². The fourth-order valence-corrected chi connectivity index (χ4v) is 9.01. The first-order valence-electron chi connectivity index (χ1n) is 30.2. The van der Waals surface area contributed by atoms with E-state index >= 15 is 0 Å². The number of nitrogens with two attached hydrogens (primary N) is 2. The van der Waals surface area contributed by atoms with Crippen LogP contribution in [0, 0.1) is 6.92 Å². The molecule has 0 saturated heterocycles. The van der Waals surface area contributed by atoms with Crippen molar-refractivity contribution < 1.29 is 49.0 Å². The van der Waals surface area contributed by atoms with Gasteiger partial charge in [0.15, 0.2) is 45.9 Å². The van der Waals surface area contributed by atoms with E-state index in [1.807, 2.05) is 111 Å². The number of halogens is 2. The van der Waals surface area contributed by atoms with E-state index in [1.165, 1.54) is 18.6 Å². The van der Waals surface area contributed by atoms with Gasteiger partial charge in [-0.3, -0.25) is 4.55 Å². The van der Waals surface area contributed by atoms with Crippen LogP contribution in [-0.2, 0) is 40.5 Å². The molecule has 0 aliphatic rings. The highest BCUT2D eigenvalue weighted by molar-refractivity contribution is 7.85. The predicted molar refractivity (Wildman–Crippen MR) is 354 cm³/mol. The predicted octanol–water partition coefficient (Wildman–Crippen LogP) is 15.6. The largest absolute Gasteiger partial charge is 0.444 e. The number of aryl methyl sites for hydroxylation is 5. The first-order valence-corrected chi connectivity index (χ1v) is 31.7. The average Bonchev–Trinajstić information content (AvgIpc) is 2.73. The van der Waals surface area contributed by atoms with Crippen molar-refractivity contribution in [2.75, 3.05) is 68.2 Å². The monoisotopic (exact) mass is 1250 g/mol. The molecule has 9 aromatic rings. The van der Waals surface area contributed by atoms with Gasteiger partial charge in [-0.15, -0.1) is 0 Å². The normalized spacial score (nSPS) is 11.7. The molecule has 7 N–H and O–H groups in total. The summed E-state index contributed by atoms with van der Waals surface area (Å²) in [6.45, 7) is 16.8. The highest BCUT2D eigenvalue weighted by atomic mass is 32.2. The summed E-state index contributed by atoms with van der Waals surface area (Å²) in [4.78, 5) is 33.3. The maximum absolute atomic E-state index is 13.3. The summed E-state index contributed by atoms with van der Waals surface area (Å²) >= 11 is 0. The van der Waals surface area contributed by atoms with Gasteiger partial charge < -0.3 is 54.3 Å². The Bertz CT molecular complexity index is 3790. The second-order valence-electron chi connectivity index (χ2n) is 22.4. The molecule has 482 valence electrons. The van der Waals surface area contributed by atoms with Crippen LogP contribution in [0.5, 0.6) is 0 Å². The Morgan fingerprint density at radius 2 is 1.01 bits per heavy atom. The third-order valence-electron chi connectivity index (χ3n) is 13.5. The summed E-state index contributed by atoms with van der Waals surface area (Å²) in [5.41, 5.74) is 22.7. The van der Waals surface area contributed by atoms with Crippen LogP contribution in [0.4, 0.5) is 36.3 Å². The third-order valence-corrected chi connectivity index (χ3v) is 14.4. The van der Waals surface area contributed by atoms with Crippen molar-refractivity contribution in [3.63, 3.8) is 0 Å². The number of oxazole rings is 4. The zero-order valence-electron chi connectivity index (χ0n) is 53.4. The lowest BCUT2D eigenvalue weighted by molar-refractivity contribution is 0.0532. The number of carbonyl (C=O) groups is 1. The number of rotatable bonds is 23. The molecule has 4 aromatic heterocycles. The van der Waals surface area contributed by atoms with Crippen molar-refractivity contribution in [3.05, 3.63) is 150 Å². The van der Waals surface area contributed by atoms with Gasteiger partial charge in [-0.05, 0) is 125 Å². The molecule has 5 aromatic carbocycles. The van der Waals surface area contributed by atoms with Crippen molar-refractivity contribution in [3.8, 4) is 0 Å². The molecule has 4 heterocycles. The summed E-state index contributed by atoms with van der Waals surface area (Å²) in [6.07, 6.45) is 12.9. The van der Waals surface area contributed by atoms with Crippen LogP contribution < -0.4 is 31.9 Å². The molecule has 0 spiro atoms. The first kappa shape index (κ1) is 71.4. The molecule has 22 heteroatoms. The number of aromatic nitrogens is 4. The van der Waals surface area contributed by atoms with Crippen LogP contribution in [-0.4, -0.2) is 91.9 Å². The number of fused-ring (bicyclic) bond motifs is 4. The summed E-state index contributed by atoms with van der Waals surface area (Å²) in [7, 11) is 1.63. The van der Waals surface area contributed by atoms with Crippen LogP contribution in [0.15, 0.2) is 143 Å². The number of unbranched alkanes of at least 4 members (excludes halogenated alkanes) is 4. The molecular formula is C67H90F2N10O9S. The maximum atomic E-state index is 13.3. The lowest BCUT2D eigenvalue weighted by Crippen LogP contribution is -2.35. The lowest BCUT2D eigenvalue weighted by Gasteiger charge is -2.22. The number of anilines is 4. The van der Waals surface area contributed by atoms with Crippen LogP contribution in [0.2, 0.25) is 0 Å². The van der Waals surface area contributed by atoms with Crippen molar-refractivity contribution >= 4 is 83.4 Å². The van der Waals surface area contributed by atoms with Gasteiger partial charge in [-0.25, -0.2) is 33.5 Å². The molecule has 0 radical (unpaired) electrons. The van der Waals surface area contributed by atoms with Gasteiger partial charge in [0.05, 0.1) is 17.6 Å². The Hall–Kier alpha value is -8.34. The van der Waals surface area contributed by atoms with Gasteiger partial charge in [0, 0.05) is 120 Å². The van der Waals surface area contributed by atoms with E-state index in [1.54, 1.807) is 32.9 Å². The Balaban J connectivity index is 0.000000210. The van der Waals surface area contributed by atoms with Gasteiger partial charge in [-0.1, -0.05) is 71.1 Å². The molecule has 1 amide bonds. The Labute approximate surface area is 522 Å². The van der Waals surface area contributed by atoms with Gasteiger partial charge in [-0.2, -0.15) is 8.42 Å². The second kappa shape index (κ2) is 35.6. The molecule has 19 nitrogen and oxygen atoms in total. The Morgan fingerprint density at radius 1 is 0.618 bits per heavy atom. The third kappa shape index (κ3) is 23.9. The number of carbonyl (C=O) groups excluding carboxylic acids is 1. The minimum atomic E-state index is -4.02. The minimum absolute atomic E-state index is 0.0666. The summed E-state index contributed by atoms with van der Waals surface area (Å²) in [5, 5.41) is 5.66. The van der Waals surface area contributed by atoms with Crippen LogP contribution in [0.3, 0.4) is 0 Å². The molecule has 89 heavy (non-hydrogen) atoms. The van der Waals surface area contributed by atoms with E-state index in [9.17, 15) is 22.0 Å². The molecule has 0 saturated carbocycles. The van der Waals surface area contributed by atoms with Gasteiger partial charge in [0.2, 0.25) is 0 Å². The quantitative estimate of drug-likeness (QED) is 0.0294. The fraction of sp³-hybridized carbons (Fsp3) is 0.418. The van der Waals surface area contributed by atoms with E-state index in [4.69, 9.17) is 38.4 Å². The standard InChI is InChI=1S/C21H30FN3O3.C16H22FN3O.C12H16N2O.C11H14N2O.C7H8O3S/c1-6-7-8-19-24-17-10-9-16(11-18(17)27-19)25(5)14-15(12-22)13-23-20(26)28-21(2,3)4;1-3-4-5-16-19-14-7-6-13(8-15(14)21-16)20(2)11-12(9-17)10-18;1-3-4-5-12-14-10-7-6-9(13-2)8-11(10)15-12;1-2-3-4-11-13-9-6-5-8(12)7-10(9)14-11;1-6-2-4-7(5-3-6)11(8,9)10/h9-12H,6-8,13-14H2,1-5H3,(H,23,26);6-9H,3-5,10-11,18H2,1-2H3;6-8,13H,3-5H2,1-2H3;5-7H,2-4,12H2,1H3;2-5H,1H3,(H,8,9,10)/b15-12+;12-9+;;;. The van der Waals surface area contributed by atoms with Gasteiger partial charge in [0.1, 0.15) is 27.7 Å².